The van der Waals surface area contributed by atoms with Crippen LogP contribution in [0.15, 0.2) is 29.4 Å². The Morgan fingerprint density at radius 3 is 2.65 bits per heavy atom. The van der Waals surface area contributed by atoms with Gasteiger partial charge in [0.25, 0.3) is 0 Å². The fourth-order valence-electron chi connectivity index (χ4n) is 3.31. The third-order valence-electron chi connectivity index (χ3n) is 5.03. The predicted molar refractivity (Wildman–Crippen MR) is 106 cm³/mol. The first-order valence-electron chi connectivity index (χ1n) is 9.08. The molecule has 1 N–H and O–H groups in total. The Labute approximate surface area is 163 Å². The molecule has 0 spiro atoms. The smallest absolute Gasteiger partial charge is 0.233 e. The van der Waals surface area contributed by atoms with Crippen molar-refractivity contribution >= 4 is 29.3 Å². The highest BCUT2D eigenvalue weighted by atomic mass is 35.5. The van der Waals surface area contributed by atoms with Gasteiger partial charge >= 0.3 is 0 Å². The Morgan fingerprint density at radius 2 is 1.96 bits per heavy atom. The van der Waals surface area contributed by atoms with Crippen molar-refractivity contribution in [2.75, 3.05) is 0 Å². The molecule has 0 bridgehead atoms. The molecule has 5 nitrogen and oxygen atoms in total. The predicted octanol–water partition coefficient (Wildman–Crippen LogP) is 4.31. The van der Waals surface area contributed by atoms with Crippen molar-refractivity contribution in [3.8, 4) is 11.4 Å². The Morgan fingerprint density at radius 1 is 1.27 bits per heavy atom. The van der Waals surface area contributed by atoms with Gasteiger partial charge < -0.3 is 9.88 Å². The minimum atomic E-state index is -0.218. The number of hydrogen-bond donors (Lipinski definition) is 1. The lowest BCUT2D eigenvalue weighted by Gasteiger charge is -2.30. The van der Waals surface area contributed by atoms with Gasteiger partial charge in [0.15, 0.2) is 11.0 Å². The van der Waals surface area contributed by atoms with Crippen LogP contribution in [0.4, 0.5) is 0 Å². The van der Waals surface area contributed by atoms with Gasteiger partial charge in [0.1, 0.15) is 0 Å². The summed E-state index contributed by atoms with van der Waals surface area (Å²) in [5.74, 6) is 1.39. The molecule has 1 aliphatic rings. The molecular weight excluding hydrogens is 368 g/mol. The first-order valence-corrected chi connectivity index (χ1v) is 10.3. The van der Waals surface area contributed by atoms with Gasteiger partial charge in [-0.05, 0) is 49.9 Å². The van der Waals surface area contributed by atoms with Gasteiger partial charge in [0.2, 0.25) is 5.91 Å². The van der Waals surface area contributed by atoms with E-state index in [0.29, 0.717) is 17.0 Å². The van der Waals surface area contributed by atoms with E-state index in [1.54, 1.807) is 0 Å². The van der Waals surface area contributed by atoms with Crippen LogP contribution in [-0.4, -0.2) is 32.0 Å². The van der Waals surface area contributed by atoms with E-state index in [9.17, 15) is 4.79 Å². The summed E-state index contributed by atoms with van der Waals surface area (Å²) in [5, 5.41) is 13.0. The van der Waals surface area contributed by atoms with Crippen LogP contribution in [0.5, 0.6) is 0 Å². The van der Waals surface area contributed by atoms with Gasteiger partial charge in [-0.25, -0.2) is 0 Å². The van der Waals surface area contributed by atoms with E-state index in [-0.39, 0.29) is 11.2 Å². The van der Waals surface area contributed by atoms with E-state index in [4.69, 9.17) is 11.6 Å². The minimum absolute atomic E-state index is 0.0739. The number of halogens is 1. The number of carbonyl (C=O) groups is 1. The number of rotatable bonds is 5. The second kappa shape index (κ2) is 8.44. The van der Waals surface area contributed by atoms with Crippen molar-refractivity contribution in [1.82, 2.24) is 20.1 Å². The zero-order valence-corrected chi connectivity index (χ0v) is 17.0. The zero-order chi connectivity index (χ0) is 18.7. The first kappa shape index (κ1) is 19.2. The quantitative estimate of drug-likeness (QED) is 0.770. The molecule has 0 radical (unpaired) electrons. The highest BCUT2D eigenvalue weighted by Gasteiger charge is 2.26. The summed E-state index contributed by atoms with van der Waals surface area (Å²) in [6, 6.07) is 7.80. The molecule has 26 heavy (non-hydrogen) atoms. The van der Waals surface area contributed by atoms with Crippen LogP contribution in [0.2, 0.25) is 5.02 Å². The molecule has 1 fully saturated rings. The van der Waals surface area contributed by atoms with E-state index in [1.807, 2.05) is 42.8 Å². The highest BCUT2D eigenvalue weighted by molar-refractivity contribution is 8.00. The third-order valence-corrected chi connectivity index (χ3v) is 6.41. The Kier molecular flexibility index (Phi) is 6.24. The van der Waals surface area contributed by atoms with E-state index in [2.05, 4.69) is 22.4 Å². The molecule has 1 heterocycles. The van der Waals surface area contributed by atoms with Gasteiger partial charge in [-0.15, -0.1) is 10.2 Å². The number of amides is 1. The zero-order valence-electron chi connectivity index (χ0n) is 15.4. The molecule has 1 aromatic carbocycles. The summed E-state index contributed by atoms with van der Waals surface area (Å²) in [4.78, 5) is 12.6. The monoisotopic (exact) mass is 392 g/mol. The molecule has 0 saturated heterocycles. The molecule has 1 aliphatic carbocycles. The number of nitrogens with one attached hydrogen (secondary N) is 1. The molecule has 1 saturated carbocycles. The minimum Gasteiger partial charge on any atom is -0.352 e. The molecule has 3 rings (SSSR count). The van der Waals surface area contributed by atoms with E-state index in [1.165, 1.54) is 31.0 Å². The second-order valence-electron chi connectivity index (χ2n) is 7.01. The summed E-state index contributed by atoms with van der Waals surface area (Å²) >= 11 is 7.38. The van der Waals surface area contributed by atoms with Crippen molar-refractivity contribution in [2.45, 2.75) is 56.0 Å². The van der Waals surface area contributed by atoms with Crippen molar-refractivity contribution in [2.24, 2.45) is 13.0 Å². The molecule has 0 aliphatic heterocycles. The van der Waals surface area contributed by atoms with Gasteiger partial charge in [-0.2, -0.15) is 0 Å². The lowest BCUT2D eigenvalue weighted by atomic mass is 9.86. The van der Waals surface area contributed by atoms with Crippen LogP contribution in [-0.2, 0) is 11.8 Å². The average Bonchev–Trinajstić information content (AvgIpc) is 2.98. The number of hydrogen-bond acceptors (Lipinski definition) is 4. The largest absolute Gasteiger partial charge is 0.352 e. The maximum atomic E-state index is 12.6. The number of thioether (sulfide) groups is 1. The van der Waals surface area contributed by atoms with Gasteiger partial charge in [-0.3, -0.25) is 4.79 Å². The van der Waals surface area contributed by atoms with E-state index < -0.39 is 0 Å². The van der Waals surface area contributed by atoms with Crippen molar-refractivity contribution in [3.05, 3.63) is 29.3 Å². The van der Waals surface area contributed by atoms with Crippen LogP contribution in [0.3, 0.4) is 0 Å². The van der Waals surface area contributed by atoms with Crippen LogP contribution in [0.25, 0.3) is 11.4 Å². The van der Waals surface area contributed by atoms with Crippen molar-refractivity contribution in [3.63, 3.8) is 0 Å². The lowest BCUT2D eigenvalue weighted by Crippen LogP contribution is -2.44. The summed E-state index contributed by atoms with van der Waals surface area (Å²) in [7, 11) is 1.92. The molecule has 3 atom stereocenters. The van der Waals surface area contributed by atoms with Gasteiger partial charge in [-0.1, -0.05) is 43.1 Å². The normalized spacial score (nSPS) is 21.4. The van der Waals surface area contributed by atoms with E-state index >= 15 is 0 Å². The van der Waals surface area contributed by atoms with Crippen molar-refractivity contribution in [1.29, 1.82) is 0 Å². The second-order valence-corrected chi connectivity index (χ2v) is 8.75. The standard InChI is InChI=1S/C19H25ClN4OS/c1-12-6-4-5-7-16(12)21-18(25)13(2)26-19-23-22-17(24(19)3)14-8-10-15(20)11-9-14/h8-13,16H,4-7H2,1-3H3,(H,21,25)/t12-,13-,16-/m0/s1. The molecule has 1 aromatic heterocycles. The highest BCUT2D eigenvalue weighted by Crippen LogP contribution is 2.28. The van der Waals surface area contributed by atoms with E-state index in [0.717, 1.165) is 23.0 Å². The fraction of sp³-hybridized carbons (Fsp3) is 0.526. The first-order chi connectivity index (χ1) is 12.5. The summed E-state index contributed by atoms with van der Waals surface area (Å²) < 4.78 is 1.92. The summed E-state index contributed by atoms with van der Waals surface area (Å²) in [6.45, 7) is 4.15. The molecular formula is C19H25ClN4OS. The topological polar surface area (TPSA) is 59.8 Å². The Bertz CT molecular complexity index is 761. The average molecular weight is 393 g/mol. The maximum absolute atomic E-state index is 12.6. The molecule has 140 valence electrons. The lowest BCUT2D eigenvalue weighted by molar-refractivity contribution is -0.121. The van der Waals surface area contributed by atoms with Crippen LogP contribution in [0.1, 0.15) is 39.5 Å². The van der Waals surface area contributed by atoms with Crippen molar-refractivity contribution < 1.29 is 4.79 Å². The number of carbonyl (C=O) groups excluding carboxylic acids is 1. The molecule has 0 unspecified atom stereocenters. The maximum Gasteiger partial charge on any atom is 0.233 e. The van der Waals surface area contributed by atoms with Crippen LogP contribution in [0, 0.1) is 5.92 Å². The molecule has 1 amide bonds. The number of nitrogens with zero attached hydrogens (tertiary/aromatic N) is 3. The number of benzene rings is 1. The number of aromatic nitrogens is 3. The van der Waals surface area contributed by atoms with Gasteiger partial charge in [0, 0.05) is 23.7 Å². The third kappa shape index (κ3) is 4.41. The van der Waals surface area contributed by atoms with Gasteiger partial charge in [0.05, 0.1) is 5.25 Å². The summed E-state index contributed by atoms with van der Waals surface area (Å²) in [5.41, 5.74) is 0.949. The molecule has 2 aromatic rings. The Balaban J connectivity index is 1.65. The fourth-order valence-corrected chi connectivity index (χ4v) is 4.26. The Hall–Kier alpha value is -1.53. The van der Waals surface area contributed by atoms with Crippen LogP contribution < -0.4 is 5.32 Å². The van der Waals surface area contributed by atoms with Crippen LogP contribution >= 0.6 is 23.4 Å². The summed E-state index contributed by atoms with van der Waals surface area (Å²) in [6.07, 6.45) is 4.74. The SMILES string of the molecule is C[C@H](Sc1nnc(-c2ccc(Cl)cc2)n1C)C(=O)N[C@H]1CCCC[C@@H]1C. The molecule has 7 heteroatoms.